The highest BCUT2D eigenvalue weighted by molar-refractivity contribution is 6.32. The van der Waals surface area contributed by atoms with Gasteiger partial charge in [0.2, 0.25) is 0 Å². The topological polar surface area (TPSA) is 85.1 Å². The van der Waals surface area contributed by atoms with Crippen molar-refractivity contribution in [2.45, 2.75) is 13.8 Å². The van der Waals surface area contributed by atoms with Crippen LogP contribution < -0.4 is 5.32 Å². The minimum absolute atomic E-state index is 0.0140. The lowest BCUT2D eigenvalue weighted by molar-refractivity contribution is -0.385. The Kier molecular flexibility index (Phi) is 4.18. The van der Waals surface area contributed by atoms with Crippen LogP contribution in [0.15, 0.2) is 30.5 Å². The molecule has 2 aromatic rings. The average molecular weight is 306 g/mol. The van der Waals surface area contributed by atoms with Gasteiger partial charge < -0.3 is 5.32 Å². The van der Waals surface area contributed by atoms with E-state index in [2.05, 4.69) is 10.3 Å². The lowest BCUT2D eigenvalue weighted by Crippen LogP contribution is -2.16. The fourth-order valence-electron chi connectivity index (χ4n) is 1.92. The monoisotopic (exact) mass is 305 g/mol. The Morgan fingerprint density at radius 3 is 2.76 bits per heavy atom. The number of aryl methyl sites for hydroxylation is 2. The lowest BCUT2D eigenvalue weighted by Gasteiger charge is -2.09. The van der Waals surface area contributed by atoms with Gasteiger partial charge in [-0.05, 0) is 31.0 Å². The molecule has 0 saturated carbocycles. The number of nitro groups is 1. The zero-order valence-electron chi connectivity index (χ0n) is 11.4. The molecular formula is C14H12ClN3O3. The van der Waals surface area contributed by atoms with E-state index in [4.69, 9.17) is 11.6 Å². The number of nitrogens with zero attached hydrogens (tertiary/aromatic N) is 2. The van der Waals surface area contributed by atoms with Gasteiger partial charge in [-0.15, -0.1) is 0 Å². The summed E-state index contributed by atoms with van der Waals surface area (Å²) < 4.78 is 0. The normalized spacial score (nSPS) is 10.2. The molecule has 0 aliphatic carbocycles. The van der Waals surface area contributed by atoms with Gasteiger partial charge in [-0.1, -0.05) is 23.7 Å². The molecule has 0 radical (unpaired) electrons. The van der Waals surface area contributed by atoms with E-state index in [0.29, 0.717) is 11.3 Å². The van der Waals surface area contributed by atoms with Crippen LogP contribution in [0.3, 0.4) is 0 Å². The van der Waals surface area contributed by atoms with E-state index in [1.807, 2.05) is 0 Å². The molecule has 1 N–H and O–H groups in total. The molecule has 1 aromatic carbocycles. The van der Waals surface area contributed by atoms with Crippen LogP contribution in [0.1, 0.15) is 21.5 Å². The molecule has 0 aliphatic rings. The molecule has 0 aliphatic heterocycles. The largest absolute Gasteiger partial charge is 0.319 e. The van der Waals surface area contributed by atoms with Crippen LogP contribution in [0.4, 0.5) is 11.4 Å². The van der Waals surface area contributed by atoms with E-state index in [9.17, 15) is 14.9 Å². The summed E-state index contributed by atoms with van der Waals surface area (Å²) in [5, 5.41) is 13.7. The van der Waals surface area contributed by atoms with Crippen molar-refractivity contribution < 1.29 is 9.72 Å². The van der Waals surface area contributed by atoms with Crippen LogP contribution in [0, 0.1) is 24.0 Å². The molecule has 21 heavy (non-hydrogen) atoms. The number of rotatable bonds is 3. The molecule has 1 heterocycles. The van der Waals surface area contributed by atoms with Crippen LogP contribution >= 0.6 is 11.6 Å². The molecule has 0 bridgehead atoms. The minimum atomic E-state index is -0.589. The summed E-state index contributed by atoms with van der Waals surface area (Å²) in [6, 6.07) is 6.11. The number of nitro benzene ring substituents is 1. The Labute approximate surface area is 125 Å². The van der Waals surface area contributed by atoms with Gasteiger partial charge in [-0.25, -0.2) is 4.98 Å². The summed E-state index contributed by atoms with van der Waals surface area (Å²) in [4.78, 5) is 26.7. The number of hydrogen-bond donors (Lipinski definition) is 1. The first-order valence-corrected chi connectivity index (χ1v) is 6.45. The average Bonchev–Trinajstić information content (AvgIpc) is 2.42. The summed E-state index contributed by atoms with van der Waals surface area (Å²) >= 11 is 5.91. The SMILES string of the molecule is Cc1cnc(Cl)c(NC(=O)c2c(C)cccc2[N+](=O)[O-])c1. The smallest absolute Gasteiger partial charge is 0.282 e. The molecular weight excluding hydrogens is 294 g/mol. The molecule has 0 saturated heterocycles. The van der Waals surface area contributed by atoms with Gasteiger partial charge in [-0.2, -0.15) is 0 Å². The van der Waals surface area contributed by atoms with Gasteiger partial charge in [0.1, 0.15) is 5.56 Å². The highest BCUT2D eigenvalue weighted by Gasteiger charge is 2.22. The van der Waals surface area contributed by atoms with Gasteiger partial charge in [0.05, 0.1) is 10.6 Å². The summed E-state index contributed by atoms with van der Waals surface area (Å²) in [5.41, 5.74) is 1.41. The highest BCUT2D eigenvalue weighted by atomic mass is 35.5. The number of benzene rings is 1. The fraction of sp³-hybridized carbons (Fsp3) is 0.143. The van der Waals surface area contributed by atoms with Crippen LogP contribution in [0.2, 0.25) is 5.15 Å². The number of carbonyl (C=O) groups is 1. The second kappa shape index (κ2) is 5.88. The van der Waals surface area contributed by atoms with Crippen molar-refractivity contribution in [3.8, 4) is 0 Å². The molecule has 1 aromatic heterocycles. The third-order valence-electron chi connectivity index (χ3n) is 2.90. The Hall–Kier alpha value is -2.47. The van der Waals surface area contributed by atoms with Crippen molar-refractivity contribution in [2.24, 2.45) is 0 Å². The number of carbonyl (C=O) groups excluding carboxylic acids is 1. The van der Waals surface area contributed by atoms with E-state index in [1.54, 1.807) is 32.2 Å². The van der Waals surface area contributed by atoms with Crippen molar-refractivity contribution in [1.29, 1.82) is 0 Å². The molecule has 0 unspecified atom stereocenters. The number of amides is 1. The zero-order chi connectivity index (χ0) is 15.6. The zero-order valence-corrected chi connectivity index (χ0v) is 12.1. The van der Waals surface area contributed by atoms with Gasteiger partial charge in [0.25, 0.3) is 11.6 Å². The maximum atomic E-state index is 12.3. The maximum Gasteiger partial charge on any atom is 0.282 e. The molecule has 2 rings (SSSR count). The first-order valence-electron chi connectivity index (χ1n) is 6.07. The molecule has 0 spiro atoms. The third-order valence-corrected chi connectivity index (χ3v) is 3.20. The van der Waals surface area contributed by atoms with E-state index in [0.717, 1.165) is 5.56 Å². The quantitative estimate of drug-likeness (QED) is 0.534. The molecule has 7 heteroatoms. The van der Waals surface area contributed by atoms with E-state index in [-0.39, 0.29) is 16.4 Å². The number of pyridine rings is 1. The summed E-state index contributed by atoms with van der Waals surface area (Å²) in [6.07, 6.45) is 1.56. The Morgan fingerprint density at radius 1 is 1.38 bits per heavy atom. The number of halogens is 1. The lowest BCUT2D eigenvalue weighted by atomic mass is 10.1. The summed E-state index contributed by atoms with van der Waals surface area (Å²) in [7, 11) is 0. The number of nitrogens with one attached hydrogen (secondary N) is 1. The predicted molar refractivity (Wildman–Crippen MR) is 79.8 cm³/mol. The number of aromatic nitrogens is 1. The first-order chi connectivity index (χ1) is 9.90. The molecule has 108 valence electrons. The van der Waals surface area contributed by atoms with E-state index >= 15 is 0 Å². The van der Waals surface area contributed by atoms with E-state index < -0.39 is 10.8 Å². The van der Waals surface area contributed by atoms with Gasteiger partial charge in [0.15, 0.2) is 5.15 Å². The second-order valence-corrected chi connectivity index (χ2v) is 4.89. The van der Waals surface area contributed by atoms with Gasteiger partial charge in [0, 0.05) is 12.3 Å². The van der Waals surface area contributed by atoms with Crippen molar-refractivity contribution in [3.05, 3.63) is 62.4 Å². The van der Waals surface area contributed by atoms with Gasteiger partial charge >= 0.3 is 0 Å². The Balaban J connectivity index is 2.42. The van der Waals surface area contributed by atoms with Gasteiger partial charge in [-0.3, -0.25) is 14.9 Å². The molecule has 0 fully saturated rings. The molecule has 1 amide bonds. The summed E-state index contributed by atoms with van der Waals surface area (Å²) in [5.74, 6) is -0.589. The second-order valence-electron chi connectivity index (χ2n) is 4.53. The van der Waals surface area contributed by atoms with Crippen molar-refractivity contribution >= 4 is 28.9 Å². The standard InChI is InChI=1S/C14H12ClN3O3/c1-8-6-10(13(15)16-7-8)17-14(19)12-9(2)4-3-5-11(12)18(20)21/h3-7H,1-2H3,(H,17,19). The molecule has 6 nitrogen and oxygen atoms in total. The maximum absolute atomic E-state index is 12.3. The van der Waals surface area contributed by atoms with Crippen LogP contribution in [-0.2, 0) is 0 Å². The van der Waals surface area contributed by atoms with E-state index in [1.165, 1.54) is 12.1 Å². The third kappa shape index (κ3) is 3.17. The molecule has 0 atom stereocenters. The minimum Gasteiger partial charge on any atom is -0.319 e. The first kappa shape index (κ1) is 14.9. The van der Waals surface area contributed by atoms with Crippen molar-refractivity contribution in [3.63, 3.8) is 0 Å². The van der Waals surface area contributed by atoms with Crippen LogP contribution in [0.25, 0.3) is 0 Å². The fourth-order valence-corrected chi connectivity index (χ4v) is 2.08. The highest BCUT2D eigenvalue weighted by Crippen LogP contribution is 2.25. The number of hydrogen-bond acceptors (Lipinski definition) is 4. The Morgan fingerprint density at radius 2 is 2.10 bits per heavy atom. The number of anilines is 1. The van der Waals surface area contributed by atoms with Crippen LogP contribution in [0.5, 0.6) is 0 Å². The Bertz CT molecular complexity index is 731. The summed E-state index contributed by atoms with van der Waals surface area (Å²) in [6.45, 7) is 3.44. The van der Waals surface area contributed by atoms with Crippen molar-refractivity contribution in [1.82, 2.24) is 4.98 Å². The predicted octanol–water partition coefficient (Wildman–Crippen LogP) is 3.51. The van der Waals surface area contributed by atoms with Crippen molar-refractivity contribution in [2.75, 3.05) is 5.32 Å². The van der Waals surface area contributed by atoms with Crippen LogP contribution in [-0.4, -0.2) is 15.8 Å².